The van der Waals surface area contributed by atoms with E-state index >= 15 is 0 Å². The molecule has 0 radical (unpaired) electrons. The Balaban J connectivity index is 1.93. The van der Waals surface area contributed by atoms with Crippen LogP contribution in [0.25, 0.3) is 6.08 Å². The van der Waals surface area contributed by atoms with Crippen molar-refractivity contribution in [2.45, 2.75) is 11.8 Å². The van der Waals surface area contributed by atoms with Gasteiger partial charge in [-0.3, -0.25) is 19.8 Å². The number of hydrogen-bond donors (Lipinski definition) is 0. The van der Waals surface area contributed by atoms with E-state index in [2.05, 4.69) is 4.40 Å². The fourth-order valence-electron chi connectivity index (χ4n) is 2.46. The number of nitro benzene ring substituents is 1. The van der Waals surface area contributed by atoms with Gasteiger partial charge in [-0.25, -0.2) is 4.39 Å². The minimum Gasteiger partial charge on any atom is -0.286 e. The number of halogens is 1. The van der Waals surface area contributed by atoms with E-state index in [-0.39, 0.29) is 27.2 Å². The summed E-state index contributed by atoms with van der Waals surface area (Å²) in [6.45, 7) is 1.87. The van der Waals surface area contributed by atoms with Gasteiger partial charge in [0, 0.05) is 18.7 Å². The predicted octanol–water partition coefficient (Wildman–Crippen LogP) is 3.42. The van der Waals surface area contributed by atoms with E-state index < -0.39 is 26.7 Å². The molecule has 2 aromatic carbocycles. The van der Waals surface area contributed by atoms with Gasteiger partial charge in [0.05, 0.1) is 14.7 Å². The van der Waals surface area contributed by atoms with Gasteiger partial charge in [-0.05, 0) is 66.7 Å². The number of carbonyl (C=O) groups excluding carboxylic acids is 1. The Labute approximate surface area is 170 Å². The average molecular weight is 435 g/mol. The van der Waals surface area contributed by atoms with Gasteiger partial charge >= 0.3 is 0 Å². The van der Waals surface area contributed by atoms with Crippen molar-refractivity contribution in [3.8, 4) is 0 Å². The Morgan fingerprint density at radius 2 is 1.79 bits per heavy atom. The Morgan fingerprint density at radius 1 is 1.17 bits per heavy atom. The van der Waals surface area contributed by atoms with E-state index in [1.165, 1.54) is 35.2 Å². The third-order valence-electron chi connectivity index (χ3n) is 3.92. The molecule has 2 aromatic rings. The number of amides is 1. The highest BCUT2D eigenvalue weighted by atomic mass is 32.2. The fraction of sp³-hybridized carbons (Fsp3) is 0.111. The Kier molecular flexibility index (Phi) is 5.80. The van der Waals surface area contributed by atoms with Crippen molar-refractivity contribution in [1.82, 2.24) is 4.90 Å². The van der Waals surface area contributed by atoms with Gasteiger partial charge in [0.2, 0.25) is 0 Å². The number of rotatable bonds is 5. The fourth-order valence-corrected chi connectivity index (χ4v) is 4.71. The van der Waals surface area contributed by atoms with Gasteiger partial charge in [0.25, 0.3) is 21.6 Å². The van der Waals surface area contributed by atoms with Crippen LogP contribution in [0.1, 0.15) is 12.5 Å². The molecular weight excluding hydrogens is 421 g/mol. The summed E-state index contributed by atoms with van der Waals surface area (Å²) in [7, 11) is -4.13. The van der Waals surface area contributed by atoms with Crippen LogP contribution in [0.5, 0.6) is 0 Å². The number of nitro groups is 1. The number of thioether (sulfide) groups is 1. The molecule has 8 nitrogen and oxygen atoms in total. The first-order valence-electron chi connectivity index (χ1n) is 8.27. The lowest BCUT2D eigenvalue weighted by molar-refractivity contribution is -0.384. The van der Waals surface area contributed by atoms with Crippen molar-refractivity contribution in [3.05, 3.63) is 74.9 Å². The molecule has 0 bridgehead atoms. The topological polar surface area (TPSA) is 110 Å². The second kappa shape index (κ2) is 8.13. The average Bonchev–Trinajstić information content (AvgIpc) is 2.96. The quantitative estimate of drug-likeness (QED) is 0.404. The largest absolute Gasteiger partial charge is 0.286 e. The van der Waals surface area contributed by atoms with Crippen LogP contribution < -0.4 is 0 Å². The van der Waals surface area contributed by atoms with Gasteiger partial charge in [0.15, 0.2) is 5.17 Å². The summed E-state index contributed by atoms with van der Waals surface area (Å²) in [5.74, 6) is -1.01. The van der Waals surface area contributed by atoms with Crippen LogP contribution >= 0.6 is 11.8 Å². The molecule has 0 unspecified atom stereocenters. The lowest BCUT2D eigenvalue weighted by atomic mass is 10.2. The summed E-state index contributed by atoms with van der Waals surface area (Å²) >= 11 is 0.882. The van der Waals surface area contributed by atoms with Gasteiger partial charge in [-0.1, -0.05) is 0 Å². The van der Waals surface area contributed by atoms with Crippen LogP contribution in [0.3, 0.4) is 0 Å². The number of carbonyl (C=O) groups is 1. The van der Waals surface area contributed by atoms with Crippen LogP contribution in [-0.4, -0.2) is 35.9 Å². The van der Waals surface area contributed by atoms with E-state index in [0.717, 1.165) is 36.0 Å². The molecule has 0 N–H and O–H groups in total. The number of non-ortho nitro benzene ring substituents is 1. The maximum Gasteiger partial charge on any atom is 0.284 e. The Hall–Kier alpha value is -3.05. The molecule has 1 aliphatic rings. The van der Waals surface area contributed by atoms with E-state index in [0.29, 0.717) is 5.56 Å². The monoisotopic (exact) mass is 435 g/mol. The summed E-state index contributed by atoms with van der Waals surface area (Å²) in [6, 6.07) is 9.80. The van der Waals surface area contributed by atoms with Crippen molar-refractivity contribution in [1.29, 1.82) is 0 Å². The number of hydrogen-bond acceptors (Lipinski definition) is 6. The van der Waals surface area contributed by atoms with E-state index in [1.54, 1.807) is 6.92 Å². The van der Waals surface area contributed by atoms with Gasteiger partial charge in [-0.2, -0.15) is 8.42 Å². The third kappa shape index (κ3) is 4.51. The molecule has 3 rings (SSSR count). The summed E-state index contributed by atoms with van der Waals surface area (Å²) < 4.78 is 41.8. The summed E-state index contributed by atoms with van der Waals surface area (Å²) in [5.41, 5.74) is 0.463. The maximum atomic E-state index is 13.0. The molecule has 150 valence electrons. The highest BCUT2D eigenvalue weighted by Gasteiger charge is 2.34. The minimum atomic E-state index is -4.13. The number of benzene rings is 2. The van der Waals surface area contributed by atoms with Crippen LogP contribution in [0.2, 0.25) is 0 Å². The number of sulfonamides is 1. The molecule has 1 heterocycles. The number of nitrogens with zero attached hydrogens (tertiary/aromatic N) is 3. The highest BCUT2D eigenvalue weighted by molar-refractivity contribution is 8.19. The molecule has 1 amide bonds. The molecule has 0 atom stereocenters. The zero-order chi connectivity index (χ0) is 21.2. The molecule has 1 fully saturated rings. The first-order chi connectivity index (χ1) is 13.7. The van der Waals surface area contributed by atoms with Crippen molar-refractivity contribution < 1.29 is 22.5 Å². The van der Waals surface area contributed by atoms with E-state index in [4.69, 9.17) is 0 Å². The van der Waals surface area contributed by atoms with E-state index in [1.807, 2.05) is 0 Å². The molecule has 0 spiro atoms. The van der Waals surface area contributed by atoms with Crippen LogP contribution in [-0.2, 0) is 14.8 Å². The molecule has 0 aromatic heterocycles. The standard InChI is InChI=1S/C18H14FN3O5S2/c1-2-21-17(23)16(11-12-3-7-14(8-4-12)22(24)25)28-18(21)20-29(26,27)15-9-5-13(19)6-10-15/h3-11H,2H2,1H3/b16-11-,20-18?. The predicted molar refractivity (Wildman–Crippen MR) is 107 cm³/mol. The van der Waals surface area contributed by atoms with Crippen LogP contribution in [0, 0.1) is 15.9 Å². The third-order valence-corrected chi connectivity index (χ3v) is 6.32. The van der Waals surface area contributed by atoms with Gasteiger partial charge in [-0.15, -0.1) is 4.40 Å². The number of likely N-dealkylation sites (N-methyl/N-ethyl adjacent to an activating group) is 1. The Morgan fingerprint density at radius 3 is 2.34 bits per heavy atom. The van der Waals surface area contributed by atoms with Crippen LogP contribution in [0.4, 0.5) is 10.1 Å². The molecule has 11 heteroatoms. The summed E-state index contributed by atoms with van der Waals surface area (Å²) in [5, 5.41) is 10.7. The van der Waals surface area contributed by atoms with Crippen molar-refractivity contribution in [2.24, 2.45) is 4.40 Å². The molecule has 0 saturated carbocycles. The second-order valence-corrected chi connectivity index (χ2v) is 8.42. The SMILES string of the molecule is CCN1C(=O)/C(=C/c2ccc([N+](=O)[O-])cc2)SC1=NS(=O)(=O)c1ccc(F)cc1. The van der Waals surface area contributed by atoms with E-state index in [9.17, 15) is 27.7 Å². The lowest BCUT2D eigenvalue weighted by Gasteiger charge is -2.11. The smallest absolute Gasteiger partial charge is 0.284 e. The maximum absolute atomic E-state index is 13.0. The first kappa shape index (κ1) is 20.7. The van der Waals surface area contributed by atoms with Crippen LogP contribution in [0.15, 0.2) is 62.7 Å². The van der Waals surface area contributed by atoms with Gasteiger partial charge in [0.1, 0.15) is 5.82 Å². The molecule has 29 heavy (non-hydrogen) atoms. The lowest BCUT2D eigenvalue weighted by Crippen LogP contribution is -2.29. The normalized spacial score (nSPS) is 17.3. The molecule has 1 saturated heterocycles. The molecule has 0 aliphatic carbocycles. The van der Waals surface area contributed by atoms with Crippen molar-refractivity contribution >= 4 is 44.6 Å². The highest BCUT2D eigenvalue weighted by Crippen LogP contribution is 2.33. The zero-order valence-corrected chi connectivity index (χ0v) is 16.6. The molecular formula is C18H14FN3O5S2. The van der Waals surface area contributed by atoms with Gasteiger partial charge < -0.3 is 0 Å². The first-order valence-corrected chi connectivity index (χ1v) is 10.5. The Bertz CT molecular complexity index is 1130. The molecule has 1 aliphatic heterocycles. The zero-order valence-electron chi connectivity index (χ0n) is 15.0. The van der Waals surface area contributed by atoms with Crippen molar-refractivity contribution in [3.63, 3.8) is 0 Å². The summed E-state index contributed by atoms with van der Waals surface area (Å²) in [6.07, 6.45) is 1.51. The summed E-state index contributed by atoms with van der Waals surface area (Å²) in [4.78, 5) is 24.0. The van der Waals surface area contributed by atoms with Crippen molar-refractivity contribution in [2.75, 3.05) is 6.54 Å². The number of amidine groups is 1. The minimum absolute atomic E-state index is 0.0185. The second-order valence-electron chi connectivity index (χ2n) is 5.81.